The number of nitrogens with zero attached hydrogens (tertiary/aromatic N) is 1. The molecule has 1 aliphatic carbocycles. The van der Waals surface area contributed by atoms with E-state index in [-0.39, 0.29) is 5.92 Å². The Morgan fingerprint density at radius 2 is 2.00 bits per heavy atom. The van der Waals surface area contributed by atoms with Crippen LogP contribution in [0.2, 0.25) is 0 Å². The standard InChI is InChI=1S/C22H24N2O2/c1-15-9-8-12-19(16(15)2)24-22(13-6-4-10-18(22)21(25)26)17(3)20-11-5-7-14-23-20/h4-14,17-18,24H,1-3H3,(H,25,26). The molecule has 1 aromatic carbocycles. The minimum atomic E-state index is -0.855. The Kier molecular flexibility index (Phi) is 4.94. The van der Waals surface area contributed by atoms with Crippen molar-refractivity contribution in [2.24, 2.45) is 5.92 Å². The van der Waals surface area contributed by atoms with E-state index in [9.17, 15) is 9.90 Å². The second kappa shape index (κ2) is 7.16. The number of anilines is 1. The third-order valence-corrected chi connectivity index (χ3v) is 5.37. The smallest absolute Gasteiger partial charge is 0.313 e. The summed E-state index contributed by atoms with van der Waals surface area (Å²) in [5, 5.41) is 13.5. The fourth-order valence-electron chi connectivity index (χ4n) is 3.58. The normalized spacial score (nSPS) is 22.8. The van der Waals surface area contributed by atoms with Crippen molar-refractivity contribution in [3.8, 4) is 0 Å². The molecule has 134 valence electrons. The van der Waals surface area contributed by atoms with Gasteiger partial charge in [0, 0.05) is 23.5 Å². The minimum absolute atomic E-state index is 0.147. The van der Waals surface area contributed by atoms with Crippen molar-refractivity contribution in [2.75, 3.05) is 5.32 Å². The second-order valence-corrected chi connectivity index (χ2v) is 6.84. The summed E-state index contributed by atoms with van der Waals surface area (Å²) in [6, 6.07) is 11.8. The molecule has 0 radical (unpaired) electrons. The van der Waals surface area contributed by atoms with Gasteiger partial charge in [0.15, 0.2) is 0 Å². The van der Waals surface area contributed by atoms with Crippen LogP contribution in [0.4, 0.5) is 5.69 Å². The predicted molar refractivity (Wildman–Crippen MR) is 104 cm³/mol. The third kappa shape index (κ3) is 3.15. The molecule has 0 aliphatic heterocycles. The first kappa shape index (κ1) is 17.9. The number of aromatic nitrogens is 1. The van der Waals surface area contributed by atoms with Gasteiger partial charge in [-0.1, -0.05) is 49.4 Å². The van der Waals surface area contributed by atoms with Crippen LogP contribution in [0.25, 0.3) is 0 Å². The molecule has 3 atom stereocenters. The number of nitrogens with one attached hydrogen (secondary N) is 1. The summed E-state index contributed by atoms with van der Waals surface area (Å²) < 4.78 is 0. The number of rotatable bonds is 5. The van der Waals surface area contributed by atoms with E-state index in [0.717, 1.165) is 22.5 Å². The Labute approximate surface area is 154 Å². The lowest BCUT2D eigenvalue weighted by Crippen LogP contribution is -2.51. The molecule has 26 heavy (non-hydrogen) atoms. The molecule has 0 amide bonds. The Morgan fingerprint density at radius 3 is 2.69 bits per heavy atom. The SMILES string of the molecule is Cc1cccc(NC2(C(C)c3ccccn3)C=CC=CC2C(=O)O)c1C. The van der Waals surface area contributed by atoms with E-state index in [4.69, 9.17) is 0 Å². The number of pyridine rings is 1. The van der Waals surface area contributed by atoms with Crippen LogP contribution in [0.1, 0.15) is 29.7 Å². The van der Waals surface area contributed by atoms with E-state index in [1.54, 1.807) is 18.3 Å². The number of hydrogen-bond donors (Lipinski definition) is 2. The van der Waals surface area contributed by atoms with Gasteiger partial charge in [-0.3, -0.25) is 9.78 Å². The van der Waals surface area contributed by atoms with E-state index in [1.807, 2.05) is 49.4 Å². The number of aryl methyl sites for hydroxylation is 1. The molecule has 0 fully saturated rings. The predicted octanol–water partition coefficient (Wildman–Crippen LogP) is 4.48. The number of carboxylic acids is 1. The number of carboxylic acid groups (broad SMARTS) is 1. The van der Waals surface area contributed by atoms with Gasteiger partial charge in [0.05, 0.1) is 5.54 Å². The molecule has 1 aliphatic rings. The lowest BCUT2D eigenvalue weighted by Gasteiger charge is -2.43. The Bertz CT molecular complexity index is 858. The Hall–Kier alpha value is -2.88. The minimum Gasteiger partial charge on any atom is -0.481 e. The quantitative estimate of drug-likeness (QED) is 0.836. The highest BCUT2D eigenvalue weighted by Gasteiger charge is 2.46. The highest BCUT2D eigenvalue weighted by molar-refractivity contribution is 5.77. The summed E-state index contributed by atoms with van der Waals surface area (Å²) in [5.74, 6) is -1.71. The molecule has 0 saturated heterocycles. The van der Waals surface area contributed by atoms with E-state index in [2.05, 4.69) is 30.2 Å². The van der Waals surface area contributed by atoms with Crippen molar-refractivity contribution < 1.29 is 9.90 Å². The number of benzene rings is 1. The van der Waals surface area contributed by atoms with E-state index in [0.29, 0.717) is 0 Å². The van der Waals surface area contributed by atoms with Gasteiger partial charge in [0.2, 0.25) is 0 Å². The molecule has 1 aromatic heterocycles. The summed E-state index contributed by atoms with van der Waals surface area (Å²) in [7, 11) is 0. The topological polar surface area (TPSA) is 62.2 Å². The zero-order valence-electron chi connectivity index (χ0n) is 15.3. The van der Waals surface area contributed by atoms with E-state index < -0.39 is 17.4 Å². The fourth-order valence-corrected chi connectivity index (χ4v) is 3.58. The summed E-state index contributed by atoms with van der Waals surface area (Å²) in [4.78, 5) is 16.6. The van der Waals surface area contributed by atoms with Gasteiger partial charge in [-0.05, 0) is 43.2 Å². The van der Waals surface area contributed by atoms with Crippen LogP contribution < -0.4 is 5.32 Å². The van der Waals surface area contributed by atoms with Crippen LogP contribution in [-0.4, -0.2) is 21.6 Å². The summed E-state index contributed by atoms with van der Waals surface area (Å²) in [5.41, 5.74) is 3.27. The van der Waals surface area contributed by atoms with Crippen molar-refractivity contribution in [1.29, 1.82) is 0 Å². The maximum absolute atomic E-state index is 12.1. The summed E-state index contributed by atoms with van der Waals surface area (Å²) in [6.45, 7) is 6.13. The van der Waals surface area contributed by atoms with Crippen molar-refractivity contribution >= 4 is 11.7 Å². The first-order valence-corrected chi connectivity index (χ1v) is 8.80. The van der Waals surface area contributed by atoms with Crippen LogP contribution in [0.5, 0.6) is 0 Å². The molecule has 1 heterocycles. The van der Waals surface area contributed by atoms with E-state index >= 15 is 0 Å². The second-order valence-electron chi connectivity index (χ2n) is 6.84. The maximum atomic E-state index is 12.1. The first-order chi connectivity index (χ1) is 12.5. The zero-order chi connectivity index (χ0) is 18.7. The van der Waals surface area contributed by atoms with Gasteiger partial charge in [-0.25, -0.2) is 0 Å². The third-order valence-electron chi connectivity index (χ3n) is 5.37. The molecule has 3 unspecified atom stereocenters. The summed E-state index contributed by atoms with van der Waals surface area (Å²) in [6.07, 6.45) is 9.17. The fraction of sp³-hybridized carbons (Fsp3) is 0.273. The molecule has 0 saturated carbocycles. The van der Waals surface area contributed by atoms with Crippen molar-refractivity contribution in [2.45, 2.75) is 32.2 Å². The van der Waals surface area contributed by atoms with Crippen LogP contribution in [0, 0.1) is 19.8 Å². The molecule has 0 bridgehead atoms. The van der Waals surface area contributed by atoms with Gasteiger partial charge in [-0.15, -0.1) is 0 Å². The van der Waals surface area contributed by atoms with Gasteiger partial charge in [-0.2, -0.15) is 0 Å². The average molecular weight is 348 g/mol. The molecular weight excluding hydrogens is 324 g/mol. The van der Waals surface area contributed by atoms with Gasteiger partial charge in [0.25, 0.3) is 0 Å². The van der Waals surface area contributed by atoms with Gasteiger partial charge < -0.3 is 10.4 Å². The number of carbonyl (C=O) groups is 1. The number of hydrogen-bond acceptors (Lipinski definition) is 3. The van der Waals surface area contributed by atoms with Crippen LogP contribution in [0.15, 0.2) is 66.9 Å². The molecule has 2 N–H and O–H groups in total. The van der Waals surface area contributed by atoms with Crippen molar-refractivity contribution in [1.82, 2.24) is 4.98 Å². The van der Waals surface area contributed by atoms with Gasteiger partial charge >= 0.3 is 5.97 Å². The molecule has 4 heteroatoms. The average Bonchev–Trinajstić information content (AvgIpc) is 2.65. The monoisotopic (exact) mass is 348 g/mol. The number of allylic oxidation sites excluding steroid dienone is 2. The highest BCUT2D eigenvalue weighted by Crippen LogP contribution is 2.41. The van der Waals surface area contributed by atoms with Crippen molar-refractivity contribution in [3.63, 3.8) is 0 Å². The van der Waals surface area contributed by atoms with Gasteiger partial charge in [0.1, 0.15) is 5.92 Å². The maximum Gasteiger partial charge on any atom is 0.313 e. The van der Waals surface area contributed by atoms with E-state index in [1.165, 1.54) is 0 Å². The lowest BCUT2D eigenvalue weighted by atomic mass is 9.70. The molecular formula is C22H24N2O2. The summed E-state index contributed by atoms with van der Waals surface area (Å²) >= 11 is 0. The number of aliphatic carboxylic acids is 1. The van der Waals surface area contributed by atoms with Crippen LogP contribution >= 0.6 is 0 Å². The molecule has 3 rings (SSSR count). The molecule has 4 nitrogen and oxygen atoms in total. The molecule has 0 spiro atoms. The zero-order valence-corrected chi connectivity index (χ0v) is 15.3. The largest absolute Gasteiger partial charge is 0.481 e. The van der Waals surface area contributed by atoms with Crippen molar-refractivity contribution in [3.05, 3.63) is 83.7 Å². The lowest BCUT2D eigenvalue weighted by molar-refractivity contribution is -0.141. The molecule has 2 aromatic rings. The Morgan fingerprint density at radius 1 is 1.19 bits per heavy atom. The first-order valence-electron chi connectivity index (χ1n) is 8.80. The van der Waals surface area contributed by atoms with Crippen LogP contribution in [0.3, 0.4) is 0 Å². The highest BCUT2D eigenvalue weighted by atomic mass is 16.4. The Balaban J connectivity index is 2.13. The van der Waals surface area contributed by atoms with Crippen LogP contribution in [-0.2, 0) is 4.79 Å².